The minimum atomic E-state index is -2.40. The van der Waals surface area contributed by atoms with Crippen LogP contribution < -0.4 is 0 Å². The number of rotatable bonds is 9. The average Bonchev–Trinajstić information content (AvgIpc) is 2.68. The third-order valence-corrected chi connectivity index (χ3v) is 16.7. The molecule has 0 spiro atoms. The highest BCUT2D eigenvalue weighted by Crippen LogP contribution is 2.45. The maximum Gasteiger partial charge on any atom is 0.350 e. The zero-order valence-electron chi connectivity index (χ0n) is 25.3. The lowest BCUT2D eigenvalue weighted by Gasteiger charge is -2.52. The molecule has 216 valence electrons. The molecule has 0 saturated carbocycles. The van der Waals surface area contributed by atoms with Crippen LogP contribution in [0.5, 0.6) is 0 Å². The van der Waals surface area contributed by atoms with E-state index < -0.39 is 71.2 Å². The van der Waals surface area contributed by atoms with Crippen molar-refractivity contribution >= 4 is 34.5 Å². The largest absolute Gasteiger partial charge is 0.463 e. The minimum Gasteiger partial charge on any atom is -0.463 e. The van der Waals surface area contributed by atoms with E-state index in [1.54, 1.807) is 6.92 Å². The van der Waals surface area contributed by atoms with E-state index in [0.29, 0.717) is 0 Å². The SMILES string of the molecule is CCOC(=O)[C@@H](OC(C)=O)[C@@H]1O[C@@H](OC(C)=O)[C@@H](O[Si](C)(C)C(C)(C)C)[C@H](O[Si](C)(C)C(C)(C)C)[C@H]1C. The van der Waals surface area contributed by atoms with E-state index in [4.69, 9.17) is 27.8 Å². The molecule has 0 N–H and O–H groups in total. The summed E-state index contributed by atoms with van der Waals surface area (Å²) in [5.74, 6) is -2.41. The Morgan fingerprint density at radius 1 is 0.838 bits per heavy atom. The van der Waals surface area contributed by atoms with Crippen LogP contribution in [0.15, 0.2) is 0 Å². The van der Waals surface area contributed by atoms with Gasteiger partial charge in [-0.2, -0.15) is 0 Å². The summed E-state index contributed by atoms with van der Waals surface area (Å²) in [6, 6.07) is 0. The first-order valence-electron chi connectivity index (χ1n) is 13.1. The fourth-order valence-corrected chi connectivity index (χ4v) is 6.25. The van der Waals surface area contributed by atoms with Crippen LogP contribution in [0.1, 0.15) is 69.2 Å². The van der Waals surface area contributed by atoms with E-state index in [0.717, 1.165) is 0 Å². The van der Waals surface area contributed by atoms with Crippen LogP contribution in [-0.2, 0) is 42.2 Å². The Balaban J connectivity index is 3.71. The lowest BCUT2D eigenvalue weighted by atomic mass is 9.87. The maximum atomic E-state index is 12.9. The summed E-state index contributed by atoms with van der Waals surface area (Å²) in [6.45, 7) is 27.4. The number of hydrogen-bond donors (Lipinski definition) is 0. The third-order valence-electron chi connectivity index (χ3n) is 7.79. The van der Waals surface area contributed by atoms with Crippen LogP contribution in [-0.4, -0.2) is 71.9 Å². The Morgan fingerprint density at radius 3 is 1.68 bits per heavy atom. The molecule has 1 fully saturated rings. The van der Waals surface area contributed by atoms with Gasteiger partial charge in [0, 0.05) is 19.8 Å². The first-order chi connectivity index (χ1) is 16.6. The number of esters is 3. The van der Waals surface area contributed by atoms with Crippen LogP contribution in [0.4, 0.5) is 0 Å². The van der Waals surface area contributed by atoms with Gasteiger partial charge >= 0.3 is 17.9 Å². The minimum absolute atomic E-state index is 0.103. The molecule has 1 rings (SSSR count). The molecule has 11 heteroatoms. The van der Waals surface area contributed by atoms with E-state index in [1.807, 2.05) is 6.92 Å². The van der Waals surface area contributed by atoms with Crippen LogP contribution in [0.2, 0.25) is 36.3 Å². The molecule has 9 nitrogen and oxygen atoms in total. The highest BCUT2D eigenvalue weighted by molar-refractivity contribution is 6.74. The van der Waals surface area contributed by atoms with Crippen molar-refractivity contribution in [2.45, 2.75) is 136 Å². The second-order valence-electron chi connectivity index (χ2n) is 12.9. The number of carbonyl (C=O) groups is 3. The van der Waals surface area contributed by atoms with Crippen molar-refractivity contribution < 1.29 is 42.2 Å². The summed E-state index contributed by atoms with van der Waals surface area (Å²) >= 11 is 0. The average molecular weight is 563 g/mol. The van der Waals surface area contributed by atoms with Crippen LogP contribution in [0.25, 0.3) is 0 Å². The molecular formula is C26H50O9Si2. The molecule has 37 heavy (non-hydrogen) atoms. The van der Waals surface area contributed by atoms with E-state index in [2.05, 4.69) is 67.7 Å². The topological polar surface area (TPSA) is 107 Å². The van der Waals surface area contributed by atoms with Gasteiger partial charge in [0.25, 0.3) is 0 Å². The Hall–Kier alpha value is -1.28. The molecule has 0 unspecified atom stereocenters. The van der Waals surface area contributed by atoms with E-state index >= 15 is 0 Å². The molecule has 1 heterocycles. The molecule has 6 atom stereocenters. The van der Waals surface area contributed by atoms with Crippen LogP contribution >= 0.6 is 0 Å². The molecule has 0 radical (unpaired) electrons. The molecule has 0 amide bonds. The lowest BCUT2D eigenvalue weighted by Crippen LogP contribution is -2.65. The summed E-state index contributed by atoms with van der Waals surface area (Å²) < 4.78 is 36.3. The highest BCUT2D eigenvalue weighted by atomic mass is 28.4. The monoisotopic (exact) mass is 562 g/mol. The van der Waals surface area contributed by atoms with Crippen molar-refractivity contribution in [1.82, 2.24) is 0 Å². The summed E-state index contributed by atoms with van der Waals surface area (Å²) in [4.78, 5) is 37.1. The summed E-state index contributed by atoms with van der Waals surface area (Å²) in [6.07, 6.45) is -4.86. The Morgan fingerprint density at radius 2 is 1.30 bits per heavy atom. The molecule has 0 bridgehead atoms. The van der Waals surface area contributed by atoms with Gasteiger partial charge in [-0.15, -0.1) is 0 Å². The van der Waals surface area contributed by atoms with Crippen molar-refractivity contribution in [3.8, 4) is 0 Å². The maximum absolute atomic E-state index is 12.9. The van der Waals surface area contributed by atoms with E-state index in [9.17, 15) is 14.4 Å². The second kappa shape index (κ2) is 12.3. The molecule has 0 aliphatic carbocycles. The second-order valence-corrected chi connectivity index (χ2v) is 22.4. The van der Waals surface area contributed by atoms with Gasteiger partial charge < -0.3 is 27.8 Å². The molecular weight excluding hydrogens is 512 g/mol. The lowest BCUT2D eigenvalue weighted by molar-refractivity contribution is -0.283. The Kier molecular flexibility index (Phi) is 11.2. The number of ether oxygens (including phenoxy) is 4. The van der Waals surface area contributed by atoms with Crippen LogP contribution in [0, 0.1) is 5.92 Å². The summed E-state index contributed by atoms with van der Waals surface area (Å²) in [5, 5.41) is -0.268. The van der Waals surface area contributed by atoms with Gasteiger partial charge in [-0.05, 0) is 43.2 Å². The van der Waals surface area contributed by atoms with Gasteiger partial charge in [-0.25, -0.2) is 4.79 Å². The summed E-state index contributed by atoms with van der Waals surface area (Å²) in [7, 11) is -4.79. The molecule has 0 aromatic rings. The predicted octanol–water partition coefficient (Wildman–Crippen LogP) is 5.19. The van der Waals surface area contributed by atoms with Crippen molar-refractivity contribution in [2.75, 3.05) is 6.61 Å². The Bertz CT molecular complexity index is 814. The van der Waals surface area contributed by atoms with E-state index in [-0.39, 0.29) is 16.7 Å². The van der Waals surface area contributed by atoms with Crippen molar-refractivity contribution in [3.63, 3.8) is 0 Å². The molecule has 1 saturated heterocycles. The number of carbonyl (C=O) groups excluding carboxylic acids is 3. The molecule has 1 aliphatic rings. The van der Waals surface area contributed by atoms with Gasteiger partial charge in [0.15, 0.2) is 16.6 Å². The first kappa shape index (κ1) is 33.8. The molecule has 0 aromatic carbocycles. The predicted molar refractivity (Wildman–Crippen MR) is 146 cm³/mol. The third kappa shape index (κ3) is 8.61. The quantitative estimate of drug-likeness (QED) is 0.213. The van der Waals surface area contributed by atoms with Gasteiger partial charge in [0.1, 0.15) is 12.2 Å². The van der Waals surface area contributed by atoms with Crippen molar-refractivity contribution in [2.24, 2.45) is 5.92 Å². The smallest absolute Gasteiger partial charge is 0.350 e. The van der Waals surface area contributed by atoms with E-state index in [1.165, 1.54) is 13.8 Å². The van der Waals surface area contributed by atoms with Crippen LogP contribution in [0.3, 0.4) is 0 Å². The number of hydrogen-bond acceptors (Lipinski definition) is 9. The highest BCUT2D eigenvalue weighted by Gasteiger charge is 2.56. The van der Waals surface area contributed by atoms with Gasteiger partial charge in [-0.1, -0.05) is 48.5 Å². The molecule has 1 aliphatic heterocycles. The van der Waals surface area contributed by atoms with Gasteiger partial charge in [0.2, 0.25) is 12.4 Å². The zero-order chi connectivity index (χ0) is 29.1. The fraction of sp³-hybridized carbons (Fsp3) is 0.885. The molecule has 0 aromatic heterocycles. The zero-order valence-corrected chi connectivity index (χ0v) is 27.3. The van der Waals surface area contributed by atoms with Crippen molar-refractivity contribution in [1.29, 1.82) is 0 Å². The van der Waals surface area contributed by atoms with Crippen molar-refractivity contribution in [3.05, 3.63) is 0 Å². The Labute approximate surface area is 225 Å². The normalized spacial score (nSPS) is 26.3. The van der Waals surface area contributed by atoms with Gasteiger partial charge in [-0.3, -0.25) is 9.59 Å². The first-order valence-corrected chi connectivity index (χ1v) is 18.9. The fourth-order valence-electron chi connectivity index (χ4n) is 3.59. The van der Waals surface area contributed by atoms with Gasteiger partial charge in [0.05, 0.1) is 12.7 Å². The standard InChI is InChI=1S/C26H50O9Si2/c1-15-30-23(29)21(31-17(3)27)19-16(2)20(34-36(11,12)25(5,6)7)22(24(33-19)32-18(4)28)35-37(13,14)26(8,9)10/h16,19-22,24H,15H2,1-14H3/t16-,19+,20+,21-,22-,24+/m0/s1. The summed E-state index contributed by atoms with van der Waals surface area (Å²) in [5.41, 5.74) is 0.